The molecule has 0 radical (unpaired) electrons. The van der Waals surface area contributed by atoms with Crippen LogP contribution in [0.1, 0.15) is 43.5 Å². The van der Waals surface area contributed by atoms with E-state index in [2.05, 4.69) is 15.3 Å². The second kappa shape index (κ2) is 10.0. The lowest BCUT2D eigenvalue weighted by Crippen LogP contribution is -2.45. The summed E-state index contributed by atoms with van der Waals surface area (Å²) in [5, 5.41) is 2.70. The molecule has 2 atom stereocenters. The predicted molar refractivity (Wildman–Crippen MR) is 119 cm³/mol. The highest BCUT2D eigenvalue weighted by molar-refractivity contribution is 7.89. The topological polar surface area (TPSA) is 92.3 Å². The Kier molecular flexibility index (Phi) is 7.22. The summed E-state index contributed by atoms with van der Waals surface area (Å²) in [5.74, 6) is -2.40. The zero-order valence-electron chi connectivity index (χ0n) is 18.6. The Balaban J connectivity index is 1.40. The summed E-state index contributed by atoms with van der Waals surface area (Å²) >= 11 is 0. The monoisotopic (exact) mass is 512 g/mol. The summed E-state index contributed by atoms with van der Waals surface area (Å²) in [4.78, 5) is 21.0. The number of rotatable bonds is 6. The van der Waals surface area contributed by atoms with Crippen LogP contribution in [0.5, 0.6) is 0 Å². The van der Waals surface area contributed by atoms with E-state index in [1.165, 1.54) is 6.33 Å². The van der Waals surface area contributed by atoms with Crippen molar-refractivity contribution in [3.63, 3.8) is 0 Å². The molecule has 35 heavy (non-hydrogen) atoms. The minimum Gasteiger partial charge on any atom is -0.349 e. The molecule has 1 saturated heterocycles. The van der Waals surface area contributed by atoms with E-state index in [0.29, 0.717) is 29.8 Å². The van der Waals surface area contributed by atoms with E-state index < -0.39 is 39.9 Å². The molecule has 1 N–H and O–H groups in total. The van der Waals surface area contributed by atoms with E-state index in [9.17, 15) is 30.8 Å². The number of carbonyl (C=O) groups is 1. The largest absolute Gasteiger partial charge is 0.392 e. The van der Waals surface area contributed by atoms with Crippen LogP contribution in [0, 0.1) is 11.7 Å². The standard InChI is InChI=1S/C23H24F4N4O3S/c24-17-7-9-19(10-8-17)35(33,34)31-11-1-2-21(31)22(32)28-13-18-12-20(30-14-29-18)15-3-5-16(6-4-15)23(25,26)27/h3,7-10,12,14,16,21H,1-2,4-6,11,13H2,(H,28,32)/t16?,21-/m0/s1. The highest BCUT2D eigenvalue weighted by atomic mass is 32.2. The third kappa shape index (κ3) is 5.69. The Morgan fingerprint density at radius 2 is 1.89 bits per heavy atom. The van der Waals surface area contributed by atoms with Gasteiger partial charge in [0.25, 0.3) is 0 Å². The molecule has 0 spiro atoms. The lowest BCUT2D eigenvalue weighted by atomic mass is 9.88. The van der Waals surface area contributed by atoms with Gasteiger partial charge in [0, 0.05) is 6.54 Å². The molecule has 1 aromatic heterocycles. The maximum Gasteiger partial charge on any atom is 0.392 e. The quantitative estimate of drug-likeness (QED) is 0.594. The first-order valence-corrected chi connectivity index (χ1v) is 12.6. The van der Waals surface area contributed by atoms with Crippen molar-refractivity contribution in [3.05, 3.63) is 59.9 Å². The predicted octanol–water partition coefficient (Wildman–Crippen LogP) is 3.83. The molecular weight excluding hydrogens is 488 g/mol. The molecule has 0 bridgehead atoms. The van der Waals surface area contributed by atoms with E-state index in [-0.39, 0.29) is 37.2 Å². The smallest absolute Gasteiger partial charge is 0.349 e. The molecule has 188 valence electrons. The van der Waals surface area contributed by atoms with Crippen molar-refractivity contribution >= 4 is 21.5 Å². The van der Waals surface area contributed by atoms with Crippen molar-refractivity contribution in [2.45, 2.75) is 55.8 Å². The van der Waals surface area contributed by atoms with Crippen molar-refractivity contribution in [1.29, 1.82) is 0 Å². The van der Waals surface area contributed by atoms with Crippen LogP contribution in [0.3, 0.4) is 0 Å². The van der Waals surface area contributed by atoms with Crippen LogP contribution in [0.4, 0.5) is 17.6 Å². The highest BCUT2D eigenvalue weighted by Crippen LogP contribution is 2.39. The molecule has 2 aliphatic rings. The molecule has 0 saturated carbocycles. The summed E-state index contributed by atoms with van der Waals surface area (Å²) in [6, 6.07) is 5.13. The average Bonchev–Trinajstić information content (AvgIpc) is 3.34. The Bertz CT molecular complexity index is 1220. The van der Waals surface area contributed by atoms with Gasteiger partial charge in [0.05, 0.1) is 28.7 Å². The summed E-state index contributed by atoms with van der Waals surface area (Å²) < 4.78 is 79.0. The van der Waals surface area contributed by atoms with Gasteiger partial charge in [0.1, 0.15) is 18.2 Å². The molecule has 7 nitrogen and oxygen atoms in total. The first-order valence-electron chi connectivity index (χ1n) is 11.2. The number of halogens is 4. The van der Waals surface area contributed by atoms with Crippen molar-refractivity contribution in [1.82, 2.24) is 19.6 Å². The normalized spacial score (nSPS) is 21.5. The molecule has 1 amide bonds. The number of benzene rings is 1. The Morgan fingerprint density at radius 1 is 1.14 bits per heavy atom. The highest BCUT2D eigenvalue weighted by Gasteiger charge is 2.40. The van der Waals surface area contributed by atoms with Crippen molar-refractivity contribution in [2.24, 2.45) is 5.92 Å². The number of aromatic nitrogens is 2. The van der Waals surface area contributed by atoms with Gasteiger partial charge in [0.2, 0.25) is 15.9 Å². The number of alkyl halides is 3. The molecule has 2 aromatic rings. The SMILES string of the molecule is O=C(NCc1cc(C2=CCC(C(F)(F)F)CC2)ncn1)[C@@H]1CCCN1S(=O)(=O)c1ccc(F)cc1. The van der Waals surface area contributed by atoms with E-state index in [4.69, 9.17) is 0 Å². The number of nitrogens with zero attached hydrogens (tertiary/aromatic N) is 3. The molecule has 4 rings (SSSR count). The summed E-state index contributed by atoms with van der Waals surface area (Å²) in [6.07, 6.45) is -0.414. The Hall–Kier alpha value is -2.86. The van der Waals surface area contributed by atoms with Gasteiger partial charge in [-0.25, -0.2) is 22.8 Å². The zero-order chi connectivity index (χ0) is 25.2. The summed E-state index contributed by atoms with van der Waals surface area (Å²) in [6.45, 7) is 0.177. The molecular formula is C23H24F4N4O3S. The minimum absolute atomic E-state index is 0.00768. The van der Waals surface area contributed by atoms with Gasteiger partial charge >= 0.3 is 6.18 Å². The van der Waals surface area contributed by atoms with E-state index in [1.54, 1.807) is 12.1 Å². The second-order valence-electron chi connectivity index (χ2n) is 8.58. The fourth-order valence-electron chi connectivity index (χ4n) is 4.36. The molecule has 1 aliphatic carbocycles. The maximum absolute atomic E-state index is 13.2. The van der Waals surface area contributed by atoms with Gasteiger partial charge in [-0.15, -0.1) is 0 Å². The van der Waals surface area contributed by atoms with Crippen LogP contribution in [0.15, 0.2) is 47.6 Å². The van der Waals surface area contributed by atoms with Crippen LogP contribution in [0.25, 0.3) is 5.57 Å². The molecule has 1 fully saturated rings. The first kappa shape index (κ1) is 25.2. The number of carbonyl (C=O) groups excluding carboxylic acids is 1. The third-order valence-electron chi connectivity index (χ3n) is 6.30. The lowest BCUT2D eigenvalue weighted by molar-refractivity contribution is -0.175. The summed E-state index contributed by atoms with van der Waals surface area (Å²) in [7, 11) is -3.98. The second-order valence-corrected chi connectivity index (χ2v) is 10.5. The molecule has 1 aliphatic heterocycles. The van der Waals surface area contributed by atoms with Crippen LogP contribution in [-0.4, -0.2) is 47.4 Å². The fraction of sp³-hybridized carbons (Fsp3) is 0.435. The van der Waals surface area contributed by atoms with Crippen LogP contribution < -0.4 is 5.32 Å². The van der Waals surface area contributed by atoms with Crippen LogP contribution in [0.2, 0.25) is 0 Å². The number of hydrogen-bond acceptors (Lipinski definition) is 5. The third-order valence-corrected chi connectivity index (χ3v) is 8.22. The Morgan fingerprint density at radius 3 is 2.54 bits per heavy atom. The number of nitrogens with one attached hydrogen (secondary N) is 1. The van der Waals surface area contributed by atoms with E-state index in [0.717, 1.165) is 28.6 Å². The maximum atomic E-state index is 13.2. The molecule has 2 heterocycles. The molecule has 1 aromatic carbocycles. The molecule has 1 unspecified atom stereocenters. The van der Waals surface area contributed by atoms with Crippen LogP contribution in [-0.2, 0) is 21.4 Å². The van der Waals surface area contributed by atoms with Crippen molar-refractivity contribution < 1.29 is 30.8 Å². The van der Waals surface area contributed by atoms with E-state index >= 15 is 0 Å². The first-order chi connectivity index (χ1) is 16.6. The summed E-state index contributed by atoms with van der Waals surface area (Å²) in [5.41, 5.74) is 1.66. The van der Waals surface area contributed by atoms with Gasteiger partial charge in [-0.3, -0.25) is 4.79 Å². The lowest BCUT2D eigenvalue weighted by Gasteiger charge is -2.24. The van der Waals surface area contributed by atoms with Crippen molar-refractivity contribution in [3.8, 4) is 0 Å². The number of allylic oxidation sites excluding steroid dienone is 2. The number of amides is 1. The zero-order valence-corrected chi connectivity index (χ0v) is 19.4. The van der Waals surface area contributed by atoms with Gasteiger partial charge in [-0.2, -0.15) is 17.5 Å². The fourth-order valence-corrected chi connectivity index (χ4v) is 6.02. The van der Waals surface area contributed by atoms with Crippen molar-refractivity contribution in [2.75, 3.05) is 6.54 Å². The number of hydrogen-bond donors (Lipinski definition) is 1. The Labute approximate surface area is 200 Å². The van der Waals surface area contributed by atoms with Gasteiger partial charge < -0.3 is 5.32 Å². The van der Waals surface area contributed by atoms with Gasteiger partial charge in [-0.05, 0) is 68.0 Å². The minimum atomic E-state index is -4.22. The van der Waals surface area contributed by atoms with Gasteiger partial charge in [0.15, 0.2) is 0 Å². The van der Waals surface area contributed by atoms with E-state index in [1.807, 2.05) is 0 Å². The van der Waals surface area contributed by atoms with Gasteiger partial charge in [-0.1, -0.05) is 6.08 Å². The number of sulfonamides is 1. The average molecular weight is 513 g/mol. The van der Waals surface area contributed by atoms with Crippen LogP contribution >= 0.6 is 0 Å². The molecule has 12 heteroatoms.